The largest absolute Gasteiger partial charge is 0.312 e. The van der Waals surface area contributed by atoms with Crippen molar-refractivity contribution in [3.05, 3.63) is 71.0 Å². The average Bonchev–Trinajstić information content (AvgIpc) is 3.04. The van der Waals surface area contributed by atoms with Gasteiger partial charge in [0.1, 0.15) is 0 Å². The third-order valence-electron chi connectivity index (χ3n) is 4.50. The summed E-state index contributed by atoms with van der Waals surface area (Å²) in [4.78, 5) is 17.7. The van der Waals surface area contributed by atoms with Gasteiger partial charge in [-0.05, 0) is 36.2 Å². The van der Waals surface area contributed by atoms with Crippen molar-refractivity contribution >= 4 is 37.3 Å². The third-order valence-corrected chi connectivity index (χ3v) is 7.32. The molecule has 0 N–H and O–H groups in total. The van der Waals surface area contributed by atoms with Gasteiger partial charge in [-0.2, -0.15) is 4.99 Å². The van der Waals surface area contributed by atoms with Crippen LogP contribution in [0, 0.1) is 0 Å². The molecule has 5 nitrogen and oxygen atoms in total. The molecule has 0 saturated heterocycles. The van der Waals surface area contributed by atoms with Crippen molar-refractivity contribution in [3.8, 4) is 0 Å². The first-order chi connectivity index (χ1) is 13.4. The summed E-state index contributed by atoms with van der Waals surface area (Å²) in [6, 6.07) is 12.4. The van der Waals surface area contributed by atoms with Crippen molar-refractivity contribution in [2.75, 3.05) is 5.75 Å². The van der Waals surface area contributed by atoms with E-state index < -0.39 is 15.7 Å². The van der Waals surface area contributed by atoms with Crippen LogP contribution in [0.15, 0.2) is 65.0 Å². The molecule has 0 spiro atoms. The number of benzene rings is 2. The minimum absolute atomic E-state index is 0.0240. The predicted molar refractivity (Wildman–Crippen MR) is 113 cm³/mol. The number of thiazole rings is 1. The van der Waals surface area contributed by atoms with E-state index in [-0.39, 0.29) is 16.2 Å². The van der Waals surface area contributed by atoms with Gasteiger partial charge in [-0.3, -0.25) is 4.79 Å². The highest BCUT2D eigenvalue weighted by Gasteiger charge is 2.20. The van der Waals surface area contributed by atoms with Crippen LogP contribution in [-0.2, 0) is 22.8 Å². The van der Waals surface area contributed by atoms with Gasteiger partial charge in [0.05, 0.1) is 26.4 Å². The van der Waals surface area contributed by atoms with E-state index in [4.69, 9.17) is 0 Å². The smallest absolute Gasteiger partial charge is 0.280 e. The molecule has 1 heterocycles. The Balaban J connectivity index is 2.19. The Bertz CT molecular complexity index is 1220. The number of aromatic nitrogens is 1. The summed E-state index contributed by atoms with van der Waals surface area (Å²) in [5.41, 5.74) is 2.28. The van der Waals surface area contributed by atoms with Gasteiger partial charge >= 0.3 is 0 Å². The second-order valence-corrected chi connectivity index (χ2v) is 9.51. The van der Waals surface area contributed by atoms with Crippen LogP contribution >= 0.6 is 11.3 Å². The zero-order chi connectivity index (χ0) is 20.3. The number of amides is 1. The maximum Gasteiger partial charge on any atom is 0.280 e. The van der Waals surface area contributed by atoms with Gasteiger partial charge < -0.3 is 4.57 Å². The molecule has 1 aromatic heterocycles. The lowest BCUT2D eigenvalue weighted by atomic mass is 10.2. The molecular weight excluding hydrogens is 392 g/mol. The lowest BCUT2D eigenvalue weighted by molar-refractivity contribution is 0.0994. The Kier molecular flexibility index (Phi) is 5.96. The van der Waals surface area contributed by atoms with Crippen LogP contribution in [0.25, 0.3) is 10.2 Å². The van der Waals surface area contributed by atoms with Crippen molar-refractivity contribution in [3.63, 3.8) is 0 Å². The fourth-order valence-corrected chi connectivity index (χ4v) is 5.13. The summed E-state index contributed by atoms with van der Waals surface area (Å²) >= 11 is 1.41. The van der Waals surface area contributed by atoms with Crippen LogP contribution in [0.3, 0.4) is 0 Å². The SMILES string of the molecule is C=CCn1c(=NC(=O)c2ccccc2S(=O)(=O)CC)sc2cc(CC)ccc21. The van der Waals surface area contributed by atoms with Crippen molar-refractivity contribution in [1.29, 1.82) is 0 Å². The second-order valence-electron chi connectivity index (χ2n) is 6.26. The third kappa shape index (κ3) is 3.86. The maximum absolute atomic E-state index is 12.9. The van der Waals surface area contributed by atoms with Crippen LogP contribution in [-0.4, -0.2) is 24.6 Å². The Morgan fingerprint density at radius 3 is 2.64 bits per heavy atom. The van der Waals surface area contributed by atoms with Crippen LogP contribution in [0.4, 0.5) is 0 Å². The molecule has 146 valence electrons. The molecule has 2 aromatic carbocycles. The van der Waals surface area contributed by atoms with E-state index in [0.29, 0.717) is 11.3 Å². The summed E-state index contributed by atoms with van der Waals surface area (Å²) in [7, 11) is -3.52. The number of allylic oxidation sites excluding steroid dienone is 1. The summed E-state index contributed by atoms with van der Waals surface area (Å²) in [5.74, 6) is -0.635. The van der Waals surface area contributed by atoms with Crippen LogP contribution in [0.5, 0.6) is 0 Å². The molecule has 0 bridgehead atoms. The van der Waals surface area contributed by atoms with Crippen LogP contribution < -0.4 is 4.80 Å². The first-order valence-corrected chi connectivity index (χ1v) is 11.5. The summed E-state index contributed by atoms with van der Waals surface area (Å²) in [6.45, 7) is 7.94. The number of carbonyl (C=O) groups is 1. The monoisotopic (exact) mass is 414 g/mol. The van der Waals surface area contributed by atoms with E-state index in [1.165, 1.54) is 29.0 Å². The van der Waals surface area contributed by atoms with Crippen molar-refractivity contribution in [2.24, 2.45) is 4.99 Å². The lowest BCUT2D eigenvalue weighted by Gasteiger charge is -2.06. The Hall–Kier alpha value is -2.51. The Labute approximate surface area is 168 Å². The first kappa shape index (κ1) is 20.2. The number of nitrogens with zero attached hydrogens (tertiary/aromatic N) is 2. The van der Waals surface area contributed by atoms with Crippen molar-refractivity contribution in [1.82, 2.24) is 4.57 Å². The molecule has 0 atom stereocenters. The molecule has 0 fully saturated rings. The maximum atomic E-state index is 12.9. The predicted octanol–water partition coefficient (Wildman–Crippen LogP) is 3.99. The molecule has 7 heteroatoms. The second kappa shape index (κ2) is 8.24. The van der Waals surface area contributed by atoms with Gasteiger partial charge in [-0.1, -0.05) is 49.5 Å². The minimum atomic E-state index is -3.52. The van der Waals surface area contributed by atoms with Crippen LogP contribution in [0.2, 0.25) is 0 Å². The zero-order valence-corrected chi connectivity index (χ0v) is 17.5. The van der Waals surface area contributed by atoms with Gasteiger partial charge in [-0.25, -0.2) is 8.42 Å². The van der Waals surface area contributed by atoms with Crippen molar-refractivity contribution < 1.29 is 13.2 Å². The molecule has 0 aliphatic carbocycles. The summed E-state index contributed by atoms with van der Waals surface area (Å²) in [5, 5.41) is 0. The summed E-state index contributed by atoms with van der Waals surface area (Å²) < 4.78 is 27.6. The van der Waals surface area contributed by atoms with Gasteiger partial charge in [-0.15, -0.1) is 6.58 Å². The standard InChI is InChI=1S/C21H22N2O3S2/c1-4-13-23-17-12-11-15(5-2)14-18(17)27-21(23)22-20(24)16-9-7-8-10-19(16)28(25,26)6-3/h4,7-12,14H,1,5-6,13H2,2-3H3. The minimum Gasteiger partial charge on any atom is -0.312 e. The van der Waals surface area contributed by atoms with E-state index in [1.54, 1.807) is 25.1 Å². The van der Waals surface area contributed by atoms with E-state index in [1.807, 2.05) is 10.6 Å². The fraction of sp³-hybridized carbons (Fsp3) is 0.238. The van der Waals surface area contributed by atoms with E-state index >= 15 is 0 Å². The summed E-state index contributed by atoms with van der Waals surface area (Å²) in [6.07, 6.45) is 2.67. The van der Waals surface area contributed by atoms with Gasteiger partial charge in [0.2, 0.25) is 0 Å². The van der Waals surface area contributed by atoms with E-state index in [0.717, 1.165) is 16.6 Å². The van der Waals surface area contributed by atoms with E-state index in [9.17, 15) is 13.2 Å². The van der Waals surface area contributed by atoms with Gasteiger partial charge in [0.25, 0.3) is 5.91 Å². The van der Waals surface area contributed by atoms with Gasteiger partial charge in [0, 0.05) is 6.54 Å². The molecule has 0 aliphatic rings. The highest BCUT2D eigenvalue weighted by atomic mass is 32.2. The Morgan fingerprint density at radius 1 is 1.21 bits per heavy atom. The number of carbonyl (C=O) groups excluding carboxylic acids is 1. The Morgan fingerprint density at radius 2 is 1.96 bits per heavy atom. The van der Waals surface area contributed by atoms with Crippen LogP contribution in [0.1, 0.15) is 29.8 Å². The molecule has 3 rings (SSSR count). The number of hydrogen-bond acceptors (Lipinski definition) is 4. The number of sulfone groups is 1. The molecule has 0 radical (unpaired) electrons. The molecule has 1 amide bonds. The zero-order valence-electron chi connectivity index (χ0n) is 15.9. The molecule has 28 heavy (non-hydrogen) atoms. The lowest BCUT2D eigenvalue weighted by Crippen LogP contribution is -2.17. The number of aryl methyl sites for hydroxylation is 1. The fourth-order valence-electron chi connectivity index (χ4n) is 2.95. The normalized spacial score (nSPS) is 12.4. The van der Waals surface area contributed by atoms with E-state index in [2.05, 4.69) is 30.6 Å². The first-order valence-electron chi connectivity index (χ1n) is 9.05. The number of fused-ring (bicyclic) bond motifs is 1. The highest BCUT2D eigenvalue weighted by Crippen LogP contribution is 2.21. The molecular formula is C21H22N2O3S2. The van der Waals surface area contributed by atoms with Gasteiger partial charge in [0.15, 0.2) is 14.6 Å². The quantitative estimate of drug-likeness (QED) is 0.573. The highest BCUT2D eigenvalue weighted by molar-refractivity contribution is 7.91. The topological polar surface area (TPSA) is 68.5 Å². The molecule has 0 aliphatic heterocycles. The average molecular weight is 415 g/mol. The molecule has 0 unspecified atom stereocenters. The number of hydrogen-bond donors (Lipinski definition) is 0. The molecule has 3 aromatic rings. The number of rotatable bonds is 6. The van der Waals surface area contributed by atoms with Crippen molar-refractivity contribution in [2.45, 2.75) is 31.7 Å². The molecule has 0 saturated carbocycles.